The lowest BCUT2D eigenvalue weighted by atomic mass is 10.2. The molecule has 1 N–H and O–H groups in total. The van der Waals surface area contributed by atoms with Gasteiger partial charge in [0.15, 0.2) is 0 Å². The minimum atomic E-state index is 0.522. The molecule has 1 aliphatic heterocycles. The van der Waals surface area contributed by atoms with Gasteiger partial charge in [-0.25, -0.2) is 0 Å². The quantitative estimate of drug-likeness (QED) is 0.757. The molecule has 2 rings (SSSR count). The van der Waals surface area contributed by atoms with E-state index in [1.807, 2.05) is 12.1 Å². The second-order valence-corrected chi connectivity index (χ2v) is 4.56. The summed E-state index contributed by atoms with van der Waals surface area (Å²) in [5.74, 6) is 0. The van der Waals surface area contributed by atoms with Crippen LogP contribution in [0.15, 0.2) is 12.1 Å². The molecule has 3 nitrogen and oxygen atoms in total. The van der Waals surface area contributed by atoms with Gasteiger partial charge in [0.2, 0.25) is 0 Å². The van der Waals surface area contributed by atoms with E-state index in [9.17, 15) is 0 Å². The molecule has 0 amide bonds. The summed E-state index contributed by atoms with van der Waals surface area (Å²) in [5.41, 5.74) is 0. The van der Waals surface area contributed by atoms with Crippen molar-refractivity contribution in [2.45, 2.75) is 13.0 Å². The SMILES string of the molecule is CC1CNCCN1c1ccc(C#N)s1. The lowest BCUT2D eigenvalue weighted by Gasteiger charge is -2.34. The van der Waals surface area contributed by atoms with Crippen LogP contribution in [0.4, 0.5) is 5.00 Å². The van der Waals surface area contributed by atoms with Crippen LogP contribution in [0.3, 0.4) is 0 Å². The molecule has 74 valence electrons. The van der Waals surface area contributed by atoms with Crippen molar-refractivity contribution in [3.05, 3.63) is 17.0 Å². The van der Waals surface area contributed by atoms with E-state index in [0.717, 1.165) is 24.5 Å². The Morgan fingerprint density at radius 1 is 1.64 bits per heavy atom. The number of rotatable bonds is 1. The number of hydrogen-bond donors (Lipinski definition) is 1. The molecule has 0 bridgehead atoms. The highest BCUT2D eigenvalue weighted by molar-refractivity contribution is 7.16. The second-order valence-electron chi connectivity index (χ2n) is 3.50. The Morgan fingerprint density at radius 3 is 3.14 bits per heavy atom. The van der Waals surface area contributed by atoms with Gasteiger partial charge in [-0.2, -0.15) is 5.26 Å². The first-order valence-corrected chi connectivity index (χ1v) is 5.60. The van der Waals surface area contributed by atoms with Gasteiger partial charge in [-0.3, -0.25) is 0 Å². The largest absolute Gasteiger partial charge is 0.358 e. The van der Waals surface area contributed by atoms with Crippen LogP contribution in [0.5, 0.6) is 0 Å². The van der Waals surface area contributed by atoms with Gasteiger partial charge in [0.1, 0.15) is 10.9 Å². The number of nitrogens with zero attached hydrogens (tertiary/aromatic N) is 2. The summed E-state index contributed by atoms with van der Waals surface area (Å²) in [6.45, 7) is 5.30. The lowest BCUT2D eigenvalue weighted by molar-refractivity contribution is 0.503. The highest BCUT2D eigenvalue weighted by Crippen LogP contribution is 2.27. The Hall–Kier alpha value is -1.05. The van der Waals surface area contributed by atoms with E-state index in [4.69, 9.17) is 5.26 Å². The third kappa shape index (κ3) is 1.74. The molecule has 0 spiro atoms. The molecule has 0 saturated carbocycles. The van der Waals surface area contributed by atoms with Gasteiger partial charge >= 0.3 is 0 Å². The van der Waals surface area contributed by atoms with E-state index in [2.05, 4.69) is 23.2 Å². The summed E-state index contributed by atoms with van der Waals surface area (Å²) in [4.78, 5) is 3.16. The van der Waals surface area contributed by atoms with Gasteiger partial charge < -0.3 is 10.2 Å². The highest BCUT2D eigenvalue weighted by Gasteiger charge is 2.19. The van der Waals surface area contributed by atoms with Crippen molar-refractivity contribution in [1.82, 2.24) is 5.32 Å². The van der Waals surface area contributed by atoms with Crippen LogP contribution < -0.4 is 10.2 Å². The van der Waals surface area contributed by atoms with Crippen molar-refractivity contribution in [1.29, 1.82) is 5.26 Å². The molecule has 1 fully saturated rings. The zero-order valence-electron chi connectivity index (χ0n) is 8.16. The van der Waals surface area contributed by atoms with Crippen molar-refractivity contribution >= 4 is 16.3 Å². The molecule has 1 aliphatic rings. The summed E-state index contributed by atoms with van der Waals surface area (Å²) in [7, 11) is 0. The van der Waals surface area contributed by atoms with Gasteiger partial charge in [0.25, 0.3) is 0 Å². The maximum Gasteiger partial charge on any atom is 0.110 e. The van der Waals surface area contributed by atoms with E-state index >= 15 is 0 Å². The zero-order chi connectivity index (χ0) is 9.97. The predicted molar refractivity (Wildman–Crippen MR) is 58.7 cm³/mol. The average molecular weight is 207 g/mol. The predicted octanol–water partition coefficient (Wildman–Crippen LogP) is 1.42. The molecule has 0 aliphatic carbocycles. The average Bonchev–Trinajstić information content (AvgIpc) is 2.67. The van der Waals surface area contributed by atoms with Crippen LogP contribution in [-0.2, 0) is 0 Å². The Labute approximate surface area is 88.0 Å². The number of nitriles is 1. The topological polar surface area (TPSA) is 39.1 Å². The third-order valence-electron chi connectivity index (χ3n) is 2.49. The van der Waals surface area contributed by atoms with E-state index in [1.165, 1.54) is 5.00 Å². The third-order valence-corrected chi connectivity index (χ3v) is 3.51. The fourth-order valence-electron chi connectivity index (χ4n) is 1.71. The minimum absolute atomic E-state index is 0.522. The van der Waals surface area contributed by atoms with Crippen molar-refractivity contribution in [3.63, 3.8) is 0 Å². The first-order valence-electron chi connectivity index (χ1n) is 4.78. The Bertz CT molecular complexity index is 352. The molecule has 2 heterocycles. The second kappa shape index (κ2) is 3.99. The van der Waals surface area contributed by atoms with Crippen LogP contribution in [0, 0.1) is 11.3 Å². The van der Waals surface area contributed by atoms with Gasteiger partial charge in [-0.1, -0.05) is 0 Å². The molecule has 1 aromatic rings. The van der Waals surface area contributed by atoms with Crippen LogP contribution in [0.25, 0.3) is 0 Å². The van der Waals surface area contributed by atoms with Crippen LogP contribution >= 0.6 is 11.3 Å². The van der Waals surface area contributed by atoms with Crippen LogP contribution in [0.1, 0.15) is 11.8 Å². The van der Waals surface area contributed by atoms with E-state index in [1.54, 1.807) is 11.3 Å². The van der Waals surface area contributed by atoms with Crippen molar-refractivity contribution in [2.24, 2.45) is 0 Å². The summed E-state index contributed by atoms with van der Waals surface area (Å²) in [6, 6.07) is 6.64. The molecule has 0 radical (unpaired) electrons. The summed E-state index contributed by atoms with van der Waals surface area (Å²) in [5, 5.41) is 13.3. The molecule has 1 saturated heterocycles. The normalized spacial score (nSPS) is 22.0. The molecular formula is C10H13N3S. The van der Waals surface area contributed by atoms with Crippen LogP contribution in [-0.4, -0.2) is 25.7 Å². The fourth-order valence-corrected chi connectivity index (χ4v) is 2.64. The van der Waals surface area contributed by atoms with Gasteiger partial charge in [-0.05, 0) is 19.1 Å². The molecule has 1 aromatic heterocycles. The molecule has 1 unspecified atom stereocenters. The van der Waals surface area contributed by atoms with Gasteiger partial charge in [0.05, 0.1) is 5.00 Å². The fraction of sp³-hybridized carbons (Fsp3) is 0.500. The molecule has 4 heteroatoms. The lowest BCUT2D eigenvalue weighted by Crippen LogP contribution is -2.49. The van der Waals surface area contributed by atoms with Crippen molar-refractivity contribution < 1.29 is 0 Å². The molecule has 1 atom stereocenters. The maximum atomic E-state index is 8.74. The monoisotopic (exact) mass is 207 g/mol. The molecular weight excluding hydrogens is 194 g/mol. The minimum Gasteiger partial charge on any atom is -0.358 e. The number of hydrogen-bond acceptors (Lipinski definition) is 4. The van der Waals surface area contributed by atoms with Gasteiger partial charge in [-0.15, -0.1) is 11.3 Å². The number of nitrogens with one attached hydrogen (secondary N) is 1. The Morgan fingerprint density at radius 2 is 2.50 bits per heavy atom. The first kappa shape index (κ1) is 9.50. The van der Waals surface area contributed by atoms with E-state index in [0.29, 0.717) is 6.04 Å². The van der Waals surface area contributed by atoms with E-state index < -0.39 is 0 Å². The highest BCUT2D eigenvalue weighted by atomic mass is 32.1. The van der Waals surface area contributed by atoms with Gasteiger partial charge in [0, 0.05) is 25.7 Å². The zero-order valence-corrected chi connectivity index (χ0v) is 8.97. The smallest absolute Gasteiger partial charge is 0.110 e. The molecule has 14 heavy (non-hydrogen) atoms. The summed E-state index contributed by atoms with van der Waals surface area (Å²) < 4.78 is 0. The Kier molecular flexibility index (Phi) is 2.71. The number of anilines is 1. The molecule has 0 aromatic carbocycles. The number of thiophene rings is 1. The number of piperazine rings is 1. The first-order chi connectivity index (χ1) is 6.81. The van der Waals surface area contributed by atoms with Crippen LogP contribution in [0.2, 0.25) is 0 Å². The summed E-state index contributed by atoms with van der Waals surface area (Å²) >= 11 is 1.58. The standard InChI is InChI=1S/C10H13N3S/c1-8-7-12-4-5-13(8)10-3-2-9(6-11)14-10/h2-3,8,12H,4-5,7H2,1H3. The van der Waals surface area contributed by atoms with E-state index in [-0.39, 0.29) is 0 Å². The maximum absolute atomic E-state index is 8.74. The summed E-state index contributed by atoms with van der Waals surface area (Å²) in [6.07, 6.45) is 0. The Balaban J connectivity index is 2.17. The van der Waals surface area contributed by atoms with Crippen molar-refractivity contribution in [3.8, 4) is 6.07 Å². The van der Waals surface area contributed by atoms with Crippen molar-refractivity contribution in [2.75, 3.05) is 24.5 Å².